The zero-order valence-corrected chi connectivity index (χ0v) is 38.5. The second-order valence-electron chi connectivity index (χ2n) is 18.1. The van der Waals surface area contributed by atoms with Crippen molar-refractivity contribution < 1.29 is 0 Å². The summed E-state index contributed by atoms with van der Waals surface area (Å²) in [5, 5.41) is 7.43. The van der Waals surface area contributed by atoms with Crippen molar-refractivity contribution in [2.24, 2.45) is 0 Å². The molecular formula is C68H46N2. The van der Waals surface area contributed by atoms with E-state index < -0.39 is 0 Å². The second-order valence-corrected chi connectivity index (χ2v) is 18.1. The monoisotopic (exact) mass is 890 g/mol. The van der Waals surface area contributed by atoms with E-state index in [4.69, 9.17) is 0 Å². The van der Waals surface area contributed by atoms with E-state index in [-0.39, 0.29) is 0 Å². The van der Waals surface area contributed by atoms with Gasteiger partial charge in [0.15, 0.2) is 0 Å². The number of hydrogen-bond donors (Lipinski definition) is 0. The number of aromatic nitrogens is 1. The van der Waals surface area contributed by atoms with Crippen LogP contribution in [0.15, 0.2) is 279 Å². The third-order valence-electron chi connectivity index (χ3n) is 14.0. The molecule has 70 heavy (non-hydrogen) atoms. The molecule has 0 unspecified atom stereocenters. The zero-order valence-electron chi connectivity index (χ0n) is 38.5. The molecule has 1 aromatic heterocycles. The van der Waals surface area contributed by atoms with Crippen LogP contribution in [0.3, 0.4) is 0 Å². The summed E-state index contributed by atoms with van der Waals surface area (Å²) in [6.07, 6.45) is 0. The maximum atomic E-state index is 2.42. The molecule has 0 saturated heterocycles. The summed E-state index contributed by atoms with van der Waals surface area (Å²) in [6.45, 7) is 0. The number of anilines is 3. The van der Waals surface area contributed by atoms with E-state index in [0.29, 0.717) is 0 Å². The molecule has 0 N–H and O–H groups in total. The Hall–Kier alpha value is -9.24. The lowest BCUT2D eigenvalue weighted by Crippen LogP contribution is -2.10. The highest BCUT2D eigenvalue weighted by Gasteiger charge is 2.20. The van der Waals surface area contributed by atoms with Crippen molar-refractivity contribution in [2.45, 2.75) is 0 Å². The smallest absolute Gasteiger partial charge is 0.0541 e. The third-order valence-corrected chi connectivity index (χ3v) is 14.0. The summed E-state index contributed by atoms with van der Waals surface area (Å²) in [6, 6.07) is 102. The van der Waals surface area contributed by atoms with Crippen molar-refractivity contribution in [2.75, 3.05) is 4.90 Å². The van der Waals surface area contributed by atoms with Crippen molar-refractivity contribution >= 4 is 60.4 Å². The molecule has 0 aliphatic heterocycles. The van der Waals surface area contributed by atoms with Crippen LogP contribution in [0, 0.1) is 0 Å². The predicted octanol–water partition coefficient (Wildman–Crippen LogP) is 18.9. The minimum atomic E-state index is 1.08. The summed E-state index contributed by atoms with van der Waals surface area (Å²) < 4.78 is 2.42. The predicted molar refractivity (Wildman–Crippen MR) is 298 cm³/mol. The molecule has 13 aromatic rings. The van der Waals surface area contributed by atoms with E-state index >= 15 is 0 Å². The van der Waals surface area contributed by atoms with Gasteiger partial charge in [0.2, 0.25) is 0 Å². The van der Waals surface area contributed by atoms with Gasteiger partial charge in [0.1, 0.15) is 0 Å². The number of rotatable bonds is 9. The zero-order chi connectivity index (χ0) is 46.4. The lowest BCUT2D eigenvalue weighted by molar-refractivity contribution is 1.17. The second kappa shape index (κ2) is 17.4. The van der Waals surface area contributed by atoms with Crippen LogP contribution in [0.5, 0.6) is 0 Å². The van der Waals surface area contributed by atoms with Crippen LogP contribution < -0.4 is 4.90 Å². The standard InChI is InChI=1S/C68H46N2/c1-5-18-47(19-6-1)51-24-17-25-54(44-51)68-61-30-15-13-28-59(61)67(60-29-14-16-31-62(60)68)50-32-36-56(37-33-50)69(55-26-11-4-12-27-55)57-38-40-58(41-39-57)70-65-42-34-52(48-20-7-2-8-21-48)45-63(65)64-46-53(35-43-66(64)70)49-22-9-3-10-23-49/h1-46H. The fraction of sp³-hybridized carbons (Fsp3) is 0. The van der Waals surface area contributed by atoms with E-state index in [1.807, 2.05) is 0 Å². The van der Waals surface area contributed by atoms with Crippen molar-refractivity contribution in [3.05, 3.63) is 279 Å². The van der Waals surface area contributed by atoms with Gasteiger partial charge >= 0.3 is 0 Å². The minimum Gasteiger partial charge on any atom is -0.311 e. The molecule has 0 amide bonds. The maximum absolute atomic E-state index is 2.42. The molecule has 12 aromatic carbocycles. The summed E-state index contributed by atoms with van der Waals surface area (Å²) in [7, 11) is 0. The maximum Gasteiger partial charge on any atom is 0.0541 e. The number of fused-ring (bicyclic) bond motifs is 5. The molecule has 0 aliphatic rings. The van der Waals surface area contributed by atoms with Gasteiger partial charge in [-0.05, 0) is 156 Å². The number of benzene rings is 12. The first-order valence-corrected chi connectivity index (χ1v) is 24.1. The molecule has 0 atom stereocenters. The van der Waals surface area contributed by atoms with Gasteiger partial charge in [-0.15, -0.1) is 0 Å². The SMILES string of the molecule is c1ccc(-c2cccc(-c3c4ccccc4c(-c4ccc(N(c5ccccc5)c5ccc(-n6c7ccc(-c8ccccc8)cc7c7cc(-c8ccccc8)ccc76)cc5)cc4)c4ccccc34)c2)cc1. The van der Waals surface area contributed by atoms with Crippen molar-refractivity contribution in [1.29, 1.82) is 0 Å². The van der Waals surface area contributed by atoms with E-state index in [0.717, 1.165) is 22.7 Å². The fourth-order valence-corrected chi connectivity index (χ4v) is 10.7. The van der Waals surface area contributed by atoms with Gasteiger partial charge in [0.25, 0.3) is 0 Å². The van der Waals surface area contributed by atoms with Crippen molar-refractivity contribution in [3.63, 3.8) is 0 Å². The Morgan fingerprint density at radius 3 is 1.03 bits per heavy atom. The third kappa shape index (κ3) is 7.22. The highest BCUT2D eigenvalue weighted by Crippen LogP contribution is 2.46. The number of hydrogen-bond acceptors (Lipinski definition) is 1. The molecule has 0 radical (unpaired) electrons. The number of para-hydroxylation sites is 1. The van der Waals surface area contributed by atoms with Crippen LogP contribution >= 0.6 is 0 Å². The van der Waals surface area contributed by atoms with Gasteiger partial charge in [0.05, 0.1) is 11.0 Å². The van der Waals surface area contributed by atoms with Gasteiger partial charge in [-0.25, -0.2) is 0 Å². The quantitative estimate of drug-likeness (QED) is 0.131. The molecule has 328 valence electrons. The number of nitrogens with zero attached hydrogens (tertiary/aromatic N) is 2. The summed E-state index contributed by atoms with van der Waals surface area (Å²) in [5.74, 6) is 0. The average Bonchev–Trinajstić information content (AvgIpc) is 3.77. The average molecular weight is 891 g/mol. The van der Waals surface area contributed by atoms with Crippen LogP contribution in [0.2, 0.25) is 0 Å². The van der Waals surface area contributed by atoms with Crippen molar-refractivity contribution in [1.82, 2.24) is 4.57 Å². The van der Waals surface area contributed by atoms with Gasteiger partial charge < -0.3 is 9.47 Å². The Balaban J connectivity index is 0.905. The van der Waals surface area contributed by atoms with E-state index in [9.17, 15) is 0 Å². The van der Waals surface area contributed by atoms with Crippen LogP contribution in [-0.2, 0) is 0 Å². The lowest BCUT2D eigenvalue weighted by atomic mass is 9.85. The Labute approximate surface area is 408 Å². The molecular weight excluding hydrogens is 845 g/mol. The molecule has 0 saturated carbocycles. The molecule has 13 rings (SSSR count). The van der Waals surface area contributed by atoms with Gasteiger partial charge in [-0.2, -0.15) is 0 Å². The molecule has 0 bridgehead atoms. The Bertz CT molecular complexity index is 3850. The van der Waals surface area contributed by atoms with Crippen LogP contribution in [0.25, 0.3) is 105 Å². The van der Waals surface area contributed by atoms with E-state index in [1.165, 1.54) is 99.0 Å². The Morgan fingerprint density at radius 1 is 0.214 bits per heavy atom. The topological polar surface area (TPSA) is 8.17 Å². The highest BCUT2D eigenvalue weighted by molar-refractivity contribution is 6.21. The first kappa shape index (κ1) is 41.0. The summed E-state index contributed by atoms with van der Waals surface area (Å²) in [4.78, 5) is 2.36. The lowest BCUT2D eigenvalue weighted by Gasteiger charge is -2.26. The van der Waals surface area contributed by atoms with E-state index in [1.54, 1.807) is 0 Å². The summed E-state index contributed by atoms with van der Waals surface area (Å²) >= 11 is 0. The minimum absolute atomic E-state index is 1.08. The normalized spacial score (nSPS) is 11.4. The molecule has 2 heteroatoms. The molecule has 0 spiro atoms. The summed E-state index contributed by atoms with van der Waals surface area (Å²) in [5.41, 5.74) is 18.9. The Morgan fingerprint density at radius 2 is 0.557 bits per heavy atom. The van der Waals surface area contributed by atoms with Crippen molar-refractivity contribution in [3.8, 4) is 61.3 Å². The Kier molecular flexibility index (Phi) is 10.2. The first-order valence-electron chi connectivity index (χ1n) is 24.1. The first-order chi connectivity index (χ1) is 34.7. The highest BCUT2D eigenvalue weighted by atomic mass is 15.1. The van der Waals surface area contributed by atoms with E-state index in [2.05, 4.69) is 289 Å². The molecule has 2 nitrogen and oxygen atoms in total. The van der Waals surface area contributed by atoms with Gasteiger partial charge in [-0.1, -0.05) is 200 Å². The van der Waals surface area contributed by atoms with Gasteiger partial charge in [0, 0.05) is 33.5 Å². The molecule has 1 heterocycles. The van der Waals surface area contributed by atoms with Gasteiger partial charge in [-0.3, -0.25) is 0 Å². The largest absolute Gasteiger partial charge is 0.311 e. The van der Waals surface area contributed by atoms with Crippen LogP contribution in [0.4, 0.5) is 17.1 Å². The molecule has 0 fully saturated rings. The fourth-order valence-electron chi connectivity index (χ4n) is 10.7. The molecule has 0 aliphatic carbocycles. The van der Waals surface area contributed by atoms with Crippen LogP contribution in [0.1, 0.15) is 0 Å². The van der Waals surface area contributed by atoms with Crippen LogP contribution in [-0.4, -0.2) is 4.57 Å².